The molecule has 1 aliphatic heterocycles. The first kappa shape index (κ1) is 12.4. The second-order valence-electron chi connectivity index (χ2n) is 4.39. The van der Waals surface area contributed by atoms with Gasteiger partial charge in [0, 0.05) is 13.2 Å². The van der Waals surface area contributed by atoms with E-state index in [2.05, 4.69) is 12.0 Å². The predicted octanol–water partition coefficient (Wildman–Crippen LogP) is 1.48. The van der Waals surface area contributed by atoms with Crippen molar-refractivity contribution in [3.8, 4) is 5.75 Å². The molecular weight excluding hydrogens is 218 g/mol. The molecule has 0 radical (unpaired) electrons. The van der Waals surface area contributed by atoms with Gasteiger partial charge in [-0.15, -0.1) is 0 Å². The third-order valence-electron chi connectivity index (χ3n) is 3.26. The quantitative estimate of drug-likeness (QED) is 0.845. The van der Waals surface area contributed by atoms with Gasteiger partial charge in [0.15, 0.2) is 5.75 Å². The van der Waals surface area contributed by atoms with Crippen LogP contribution in [0.15, 0.2) is 6.20 Å². The van der Waals surface area contributed by atoms with Gasteiger partial charge in [0.2, 0.25) is 0 Å². The smallest absolute Gasteiger partial charge is 0.161 e. The molecule has 17 heavy (non-hydrogen) atoms. The summed E-state index contributed by atoms with van der Waals surface area (Å²) in [5.41, 5.74) is 7.23. The molecule has 2 unspecified atom stereocenters. The zero-order chi connectivity index (χ0) is 12.3. The van der Waals surface area contributed by atoms with Crippen LogP contribution >= 0.6 is 0 Å². The third kappa shape index (κ3) is 2.61. The summed E-state index contributed by atoms with van der Waals surface area (Å²) in [6.07, 6.45) is 5.10. The molecule has 2 rings (SSSR count). The van der Waals surface area contributed by atoms with Gasteiger partial charge in [-0.05, 0) is 26.2 Å². The molecule has 1 saturated heterocycles. The van der Waals surface area contributed by atoms with Crippen LogP contribution in [0.5, 0.6) is 5.75 Å². The molecular formula is C12H21N3O2. The van der Waals surface area contributed by atoms with Gasteiger partial charge in [-0.3, -0.25) is 4.68 Å². The van der Waals surface area contributed by atoms with Crippen LogP contribution in [0.2, 0.25) is 0 Å². The van der Waals surface area contributed by atoms with E-state index in [-0.39, 0.29) is 12.1 Å². The van der Waals surface area contributed by atoms with Crippen LogP contribution in [0.4, 0.5) is 0 Å². The van der Waals surface area contributed by atoms with Crippen LogP contribution in [-0.2, 0) is 11.3 Å². The maximum atomic E-state index is 6.25. The van der Waals surface area contributed by atoms with E-state index in [1.165, 1.54) is 0 Å². The van der Waals surface area contributed by atoms with E-state index in [9.17, 15) is 0 Å². The number of hydrogen-bond acceptors (Lipinski definition) is 4. The number of aryl methyl sites for hydroxylation is 1. The Morgan fingerprint density at radius 2 is 2.53 bits per heavy atom. The SMILES string of the molecule is CCn1ncc(OC)c1C(N)CC1CCCO1. The van der Waals surface area contributed by atoms with Crippen LogP contribution in [0.25, 0.3) is 0 Å². The van der Waals surface area contributed by atoms with E-state index in [0.717, 1.165) is 43.9 Å². The average molecular weight is 239 g/mol. The minimum absolute atomic E-state index is 0.0736. The van der Waals surface area contributed by atoms with Gasteiger partial charge in [-0.1, -0.05) is 0 Å². The monoisotopic (exact) mass is 239 g/mol. The minimum Gasteiger partial charge on any atom is -0.493 e. The van der Waals surface area contributed by atoms with Gasteiger partial charge in [0.1, 0.15) is 0 Å². The van der Waals surface area contributed by atoms with Crippen LogP contribution in [0, 0.1) is 0 Å². The molecule has 1 aromatic rings. The number of nitrogens with zero attached hydrogens (tertiary/aromatic N) is 2. The van der Waals surface area contributed by atoms with Gasteiger partial charge >= 0.3 is 0 Å². The third-order valence-corrected chi connectivity index (χ3v) is 3.26. The van der Waals surface area contributed by atoms with Crippen LogP contribution in [0.3, 0.4) is 0 Å². The van der Waals surface area contributed by atoms with Gasteiger partial charge in [-0.25, -0.2) is 0 Å². The first-order chi connectivity index (χ1) is 8.26. The number of aromatic nitrogens is 2. The summed E-state index contributed by atoms with van der Waals surface area (Å²) in [6.45, 7) is 3.72. The topological polar surface area (TPSA) is 62.3 Å². The number of methoxy groups -OCH3 is 1. The van der Waals surface area contributed by atoms with Crippen molar-refractivity contribution in [2.75, 3.05) is 13.7 Å². The molecule has 0 spiro atoms. The Balaban J connectivity index is 2.10. The Morgan fingerprint density at radius 1 is 1.71 bits per heavy atom. The Kier molecular flexibility index (Phi) is 4.02. The molecule has 0 saturated carbocycles. The molecule has 1 aliphatic rings. The van der Waals surface area contributed by atoms with Gasteiger partial charge in [0.05, 0.1) is 31.1 Å². The predicted molar refractivity (Wildman–Crippen MR) is 65.0 cm³/mol. The molecule has 0 aliphatic carbocycles. The summed E-state index contributed by atoms with van der Waals surface area (Å²) in [5, 5.41) is 4.27. The van der Waals surface area contributed by atoms with Gasteiger partial charge < -0.3 is 15.2 Å². The van der Waals surface area contributed by atoms with Crippen LogP contribution in [0.1, 0.15) is 37.9 Å². The number of hydrogen-bond donors (Lipinski definition) is 1. The Labute approximate surface area is 102 Å². The lowest BCUT2D eigenvalue weighted by molar-refractivity contribution is 0.0973. The molecule has 0 amide bonds. The normalized spacial score (nSPS) is 21.7. The minimum atomic E-state index is -0.0736. The highest BCUT2D eigenvalue weighted by Gasteiger charge is 2.24. The van der Waals surface area contributed by atoms with Crippen molar-refractivity contribution in [1.29, 1.82) is 0 Å². The summed E-state index contributed by atoms with van der Waals surface area (Å²) in [7, 11) is 1.65. The van der Waals surface area contributed by atoms with Crippen LogP contribution < -0.4 is 10.5 Å². The molecule has 2 N–H and O–H groups in total. The van der Waals surface area contributed by atoms with Crippen molar-refractivity contribution in [3.63, 3.8) is 0 Å². The Hall–Kier alpha value is -1.07. The van der Waals surface area contributed by atoms with E-state index >= 15 is 0 Å². The fourth-order valence-corrected chi connectivity index (χ4v) is 2.39. The molecule has 5 heteroatoms. The lowest BCUT2D eigenvalue weighted by Gasteiger charge is -2.18. The fraction of sp³-hybridized carbons (Fsp3) is 0.750. The average Bonchev–Trinajstić information content (AvgIpc) is 2.95. The fourth-order valence-electron chi connectivity index (χ4n) is 2.39. The highest BCUT2D eigenvalue weighted by atomic mass is 16.5. The van der Waals surface area contributed by atoms with E-state index in [0.29, 0.717) is 0 Å². The molecule has 96 valence electrons. The van der Waals surface area contributed by atoms with E-state index in [4.69, 9.17) is 15.2 Å². The Morgan fingerprint density at radius 3 is 3.12 bits per heavy atom. The maximum absolute atomic E-state index is 6.25. The molecule has 2 heterocycles. The van der Waals surface area contributed by atoms with Gasteiger partial charge in [-0.2, -0.15) is 5.10 Å². The molecule has 1 aromatic heterocycles. The van der Waals surface area contributed by atoms with Crippen molar-refractivity contribution in [2.45, 2.75) is 44.9 Å². The van der Waals surface area contributed by atoms with Crippen molar-refractivity contribution < 1.29 is 9.47 Å². The van der Waals surface area contributed by atoms with Crippen LogP contribution in [-0.4, -0.2) is 29.6 Å². The number of nitrogens with two attached hydrogens (primary N) is 1. The van der Waals surface area contributed by atoms with E-state index in [1.54, 1.807) is 13.3 Å². The summed E-state index contributed by atoms with van der Waals surface area (Å²) < 4.78 is 12.8. The molecule has 0 aromatic carbocycles. The highest BCUT2D eigenvalue weighted by Crippen LogP contribution is 2.29. The largest absolute Gasteiger partial charge is 0.493 e. The highest BCUT2D eigenvalue weighted by molar-refractivity contribution is 5.28. The van der Waals surface area contributed by atoms with Crippen molar-refractivity contribution in [3.05, 3.63) is 11.9 Å². The maximum Gasteiger partial charge on any atom is 0.161 e. The zero-order valence-electron chi connectivity index (χ0n) is 10.6. The van der Waals surface area contributed by atoms with Gasteiger partial charge in [0.25, 0.3) is 0 Å². The second-order valence-corrected chi connectivity index (χ2v) is 4.39. The molecule has 2 atom stereocenters. The summed E-state index contributed by atoms with van der Waals surface area (Å²) in [4.78, 5) is 0. The standard InChI is InChI=1S/C12H21N3O2/c1-3-15-12(11(16-2)8-14-15)10(13)7-9-5-4-6-17-9/h8-10H,3-7,13H2,1-2H3. The Bertz CT molecular complexity index is 337. The first-order valence-electron chi connectivity index (χ1n) is 6.23. The van der Waals surface area contributed by atoms with Crippen molar-refractivity contribution in [2.24, 2.45) is 5.73 Å². The molecule has 0 bridgehead atoms. The van der Waals surface area contributed by atoms with E-state index in [1.807, 2.05) is 4.68 Å². The lowest BCUT2D eigenvalue weighted by Crippen LogP contribution is -2.22. The summed E-state index contributed by atoms with van der Waals surface area (Å²) >= 11 is 0. The number of rotatable bonds is 5. The second kappa shape index (κ2) is 5.51. The summed E-state index contributed by atoms with van der Waals surface area (Å²) in [6, 6.07) is -0.0736. The molecule has 5 nitrogen and oxygen atoms in total. The summed E-state index contributed by atoms with van der Waals surface area (Å²) in [5.74, 6) is 0.775. The lowest BCUT2D eigenvalue weighted by atomic mass is 10.0. The van der Waals surface area contributed by atoms with Crippen molar-refractivity contribution >= 4 is 0 Å². The zero-order valence-corrected chi connectivity index (χ0v) is 10.6. The van der Waals surface area contributed by atoms with Crippen molar-refractivity contribution in [1.82, 2.24) is 9.78 Å². The van der Waals surface area contributed by atoms with E-state index < -0.39 is 0 Å². The first-order valence-corrected chi connectivity index (χ1v) is 6.23. The molecule has 1 fully saturated rings. The number of ether oxygens (including phenoxy) is 2.